The van der Waals surface area contributed by atoms with E-state index in [4.69, 9.17) is 0 Å². The van der Waals surface area contributed by atoms with Crippen LogP contribution in [0.4, 0.5) is 0 Å². The first-order valence-electron chi connectivity index (χ1n) is 6.30. The van der Waals surface area contributed by atoms with E-state index in [0.717, 1.165) is 20.8 Å². The van der Waals surface area contributed by atoms with Crippen LogP contribution < -0.4 is 0 Å². The molecule has 0 amide bonds. The molecule has 0 N–H and O–H groups in total. The third kappa shape index (κ3) is 2.25. The van der Waals surface area contributed by atoms with Crippen molar-refractivity contribution in [3.63, 3.8) is 0 Å². The van der Waals surface area contributed by atoms with Gasteiger partial charge in [-0.1, -0.05) is 45.8 Å². The molecule has 0 aliphatic rings. The lowest BCUT2D eigenvalue weighted by Gasteiger charge is -2.08. The lowest BCUT2D eigenvalue weighted by Crippen LogP contribution is -2.03. The van der Waals surface area contributed by atoms with Gasteiger partial charge >= 0.3 is 0 Å². The van der Waals surface area contributed by atoms with Crippen LogP contribution in [-0.4, -0.2) is 10.8 Å². The van der Waals surface area contributed by atoms with Gasteiger partial charge < -0.3 is 0 Å². The number of carbonyl (C=O) groups is 1. The highest BCUT2D eigenvalue weighted by Crippen LogP contribution is 2.25. The first-order chi connectivity index (χ1) is 9.66. The summed E-state index contributed by atoms with van der Waals surface area (Å²) in [6.45, 7) is 1.98. The number of hydrogen-bond donors (Lipinski definition) is 0. The minimum absolute atomic E-state index is 0.0253. The number of ketones is 1. The quantitative estimate of drug-likeness (QED) is 0.647. The summed E-state index contributed by atoms with van der Waals surface area (Å²) in [7, 11) is 0. The van der Waals surface area contributed by atoms with Crippen molar-refractivity contribution in [2.45, 2.75) is 6.92 Å². The van der Waals surface area contributed by atoms with Gasteiger partial charge in [-0.15, -0.1) is 0 Å². The summed E-state index contributed by atoms with van der Waals surface area (Å²) < 4.78 is 0.819. The third-order valence-electron chi connectivity index (χ3n) is 3.29. The molecule has 2 aromatic carbocycles. The van der Waals surface area contributed by atoms with E-state index in [1.165, 1.54) is 0 Å². The van der Waals surface area contributed by atoms with Crippen molar-refractivity contribution in [2.24, 2.45) is 0 Å². The molecule has 1 aromatic heterocycles. The first kappa shape index (κ1) is 13.0. The van der Waals surface area contributed by atoms with Gasteiger partial charge in [0, 0.05) is 33.4 Å². The average molecular weight is 326 g/mol. The van der Waals surface area contributed by atoms with Gasteiger partial charge in [-0.05, 0) is 30.5 Å². The van der Waals surface area contributed by atoms with Crippen LogP contribution in [0.3, 0.4) is 0 Å². The zero-order valence-corrected chi connectivity index (χ0v) is 12.5. The molecule has 3 heteroatoms. The summed E-state index contributed by atoms with van der Waals surface area (Å²) in [5, 5.41) is 1.91. The molecule has 0 spiro atoms. The number of halogens is 1. The van der Waals surface area contributed by atoms with Gasteiger partial charge in [0.1, 0.15) is 0 Å². The lowest BCUT2D eigenvalue weighted by molar-refractivity contribution is 0.103. The molecule has 1 heterocycles. The largest absolute Gasteiger partial charge is 0.289 e. The molecule has 3 aromatic rings. The zero-order valence-electron chi connectivity index (χ0n) is 10.9. The van der Waals surface area contributed by atoms with E-state index in [1.54, 1.807) is 12.4 Å². The third-order valence-corrected chi connectivity index (χ3v) is 3.98. The van der Waals surface area contributed by atoms with Crippen LogP contribution in [0.1, 0.15) is 21.5 Å². The highest BCUT2D eigenvalue weighted by molar-refractivity contribution is 9.10. The number of pyridine rings is 1. The van der Waals surface area contributed by atoms with E-state index < -0.39 is 0 Å². The summed E-state index contributed by atoms with van der Waals surface area (Å²) in [4.78, 5) is 16.9. The molecule has 0 fully saturated rings. The van der Waals surface area contributed by atoms with Crippen molar-refractivity contribution in [2.75, 3.05) is 0 Å². The summed E-state index contributed by atoms with van der Waals surface area (Å²) in [6, 6.07) is 13.4. The number of carbonyl (C=O) groups excluding carboxylic acids is 1. The van der Waals surface area contributed by atoms with Crippen LogP contribution in [0.25, 0.3) is 10.8 Å². The lowest BCUT2D eigenvalue weighted by atomic mass is 9.97. The normalized spacial score (nSPS) is 10.7. The van der Waals surface area contributed by atoms with Crippen molar-refractivity contribution in [3.8, 4) is 0 Å². The zero-order chi connectivity index (χ0) is 14.1. The number of rotatable bonds is 2. The SMILES string of the molecule is Cc1ccc(Br)c(C(=O)c2cccc3cnccc23)c1. The van der Waals surface area contributed by atoms with E-state index >= 15 is 0 Å². The molecule has 0 aliphatic carbocycles. The van der Waals surface area contributed by atoms with Gasteiger partial charge in [-0.25, -0.2) is 0 Å². The minimum atomic E-state index is 0.0253. The number of fused-ring (bicyclic) bond motifs is 1. The Morgan fingerprint density at radius 1 is 1.10 bits per heavy atom. The smallest absolute Gasteiger partial charge is 0.194 e. The number of benzene rings is 2. The molecule has 0 radical (unpaired) electrons. The van der Waals surface area contributed by atoms with Crippen LogP contribution in [0.5, 0.6) is 0 Å². The average Bonchev–Trinajstić information content (AvgIpc) is 2.48. The van der Waals surface area contributed by atoms with Crippen LogP contribution in [0.15, 0.2) is 59.3 Å². The van der Waals surface area contributed by atoms with E-state index in [-0.39, 0.29) is 5.78 Å². The highest BCUT2D eigenvalue weighted by atomic mass is 79.9. The van der Waals surface area contributed by atoms with Crippen LogP contribution in [0.2, 0.25) is 0 Å². The Bertz CT molecular complexity index is 806. The Balaban J connectivity index is 2.20. The topological polar surface area (TPSA) is 30.0 Å². The molecule has 3 rings (SSSR count). The van der Waals surface area contributed by atoms with Gasteiger partial charge in [-0.3, -0.25) is 9.78 Å². The molecule has 0 bridgehead atoms. The fourth-order valence-electron chi connectivity index (χ4n) is 2.28. The first-order valence-corrected chi connectivity index (χ1v) is 7.10. The van der Waals surface area contributed by atoms with Gasteiger partial charge in [0.2, 0.25) is 0 Å². The number of nitrogens with zero attached hydrogens (tertiary/aromatic N) is 1. The number of hydrogen-bond acceptors (Lipinski definition) is 2. The van der Waals surface area contributed by atoms with E-state index in [0.29, 0.717) is 11.1 Å². The maximum absolute atomic E-state index is 12.8. The van der Waals surface area contributed by atoms with Crippen molar-refractivity contribution in [1.82, 2.24) is 4.98 Å². The van der Waals surface area contributed by atoms with E-state index in [2.05, 4.69) is 20.9 Å². The van der Waals surface area contributed by atoms with Crippen molar-refractivity contribution in [1.29, 1.82) is 0 Å². The molecule has 98 valence electrons. The Morgan fingerprint density at radius 3 is 2.80 bits per heavy atom. The minimum Gasteiger partial charge on any atom is -0.289 e. The monoisotopic (exact) mass is 325 g/mol. The molecule has 0 unspecified atom stereocenters. The van der Waals surface area contributed by atoms with Gasteiger partial charge in [0.15, 0.2) is 5.78 Å². The van der Waals surface area contributed by atoms with Crippen LogP contribution >= 0.6 is 15.9 Å². The second-order valence-electron chi connectivity index (χ2n) is 4.71. The summed E-state index contributed by atoms with van der Waals surface area (Å²) in [5.74, 6) is 0.0253. The molecule has 2 nitrogen and oxygen atoms in total. The number of aromatic nitrogens is 1. The van der Waals surface area contributed by atoms with Gasteiger partial charge in [-0.2, -0.15) is 0 Å². The second kappa shape index (κ2) is 5.17. The fraction of sp³-hybridized carbons (Fsp3) is 0.0588. The molecule has 0 saturated carbocycles. The standard InChI is InChI=1S/C17H12BrNO/c1-11-5-6-16(18)15(9-11)17(20)14-4-2-3-12-10-19-8-7-13(12)14/h2-10H,1H3. The Hall–Kier alpha value is -2.00. The molecular weight excluding hydrogens is 314 g/mol. The Labute approximate surface area is 125 Å². The summed E-state index contributed by atoms with van der Waals surface area (Å²) in [6.07, 6.45) is 3.49. The molecular formula is C17H12BrNO. The highest BCUT2D eigenvalue weighted by Gasteiger charge is 2.15. The molecule has 0 saturated heterocycles. The molecule has 20 heavy (non-hydrogen) atoms. The predicted octanol–water partition coefficient (Wildman–Crippen LogP) is 4.54. The number of aryl methyl sites for hydroxylation is 1. The summed E-state index contributed by atoms with van der Waals surface area (Å²) >= 11 is 3.46. The second-order valence-corrected chi connectivity index (χ2v) is 5.57. The maximum Gasteiger partial charge on any atom is 0.194 e. The van der Waals surface area contributed by atoms with Gasteiger partial charge in [0.25, 0.3) is 0 Å². The Morgan fingerprint density at radius 2 is 1.95 bits per heavy atom. The van der Waals surface area contributed by atoms with Crippen molar-refractivity contribution >= 4 is 32.5 Å². The summed E-state index contributed by atoms with van der Waals surface area (Å²) in [5.41, 5.74) is 2.46. The Kier molecular flexibility index (Phi) is 3.36. The van der Waals surface area contributed by atoms with E-state index in [9.17, 15) is 4.79 Å². The fourth-order valence-corrected chi connectivity index (χ4v) is 2.71. The predicted molar refractivity (Wildman–Crippen MR) is 84.1 cm³/mol. The van der Waals surface area contributed by atoms with Crippen molar-refractivity contribution < 1.29 is 4.79 Å². The molecule has 0 atom stereocenters. The van der Waals surface area contributed by atoms with Crippen LogP contribution in [0, 0.1) is 6.92 Å². The van der Waals surface area contributed by atoms with Crippen molar-refractivity contribution in [3.05, 3.63) is 76.0 Å². The maximum atomic E-state index is 12.8. The van der Waals surface area contributed by atoms with Gasteiger partial charge in [0.05, 0.1) is 0 Å². The van der Waals surface area contributed by atoms with Crippen LogP contribution in [-0.2, 0) is 0 Å². The molecule has 0 aliphatic heterocycles. The van der Waals surface area contributed by atoms with E-state index in [1.807, 2.05) is 49.4 Å².